The van der Waals surface area contributed by atoms with E-state index in [1.54, 1.807) is 13.3 Å². The van der Waals surface area contributed by atoms with Gasteiger partial charge in [0.2, 0.25) is 5.88 Å². The van der Waals surface area contributed by atoms with Gasteiger partial charge in [0.15, 0.2) is 5.79 Å². The Labute approximate surface area is 159 Å². The second kappa shape index (κ2) is 7.34. The van der Waals surface area contributed by atoms with E-state index >= 15 is 0 Å². The molecule has 0 amide bonds. The second-order valence-electron chi connectivity index (χ2n) is 8.11. The van der Waals surface area contributed by atoms with Crippen LogP contribution in [0.5, 0.6) is 5.88 Å². The molecule has 4 rings (SSSR count). The number of fused-ring (bicyclic) bond motifs is 1. The van der Waals surface area contributed by atoms with E-state index in [0.717, 1.165) is 42.3 Å². The number of aliphatic hydroxyl groups is 1. The molecule has 0 bridgehead atoms. The summed E-state index contributed by atoms with van der Waals surface area (Å²) >= 11 is 0. The van der Waals surface area contributed by atoms with Gasteiger partial charge in [-0.1, -0.05) is 12.1 Å². The zero-order valence-electron chi connectivity index (χ0n) is 16.2. The normalized spacial score (nSPS) is 30.5. The Balaban J connectivity index is 1.69. The summed E-state index contributed by atoms with van der Waals surface area (Å²) in [5, 5.41) is 9.44. The molecule has 1 saturated carbocycles. The standard InChI is InChI=1S/C21H28N2O4/c1-21(2)26-19(14-9-7-13(12-24)8-10-14)20(27-21)15-5-4-6-16-18(15)23-17(25-3)11-22-16/h4-6,11,13-14,19-20,24H,7-10,12H2,1-3H3/t13?,14?,19-,20-/m1/s1. The number of para-hydroxylation sites is 1. The lowest BCUT2D eigenvalue weighted by molar-refractivity contribution is -0.152. The van der Waals surface area contributed by atoms with Gasteiger partial charge in [0.05, 0.1) is 30.4 Å². The van der Waals surface area contributed by atoms with Crippen molar-refractivity contribution < 1.29 is 19.3 Å². The van der Waals surface area contributed by atoms with Gasteiger partial charge < -0.3 is 19.3 Å². The molecule has 1 aliphatic carbocycles. The highest BCUT2D eigenvalue weighted by atomic mass is 16.8. The van der Waals surface area contributed by atoms with E-state index in [0.29, 0.717) is 17.7 Å². The second-order valence-corrected chi connectivity index (χ2v) is 8.11. The van der Waals surface area contributed by atoms with Crippen molar-refractivity contribution in [2.45, 2.75) is 57.5 Å². The van der Waals surface area contributed by atoms with Gasteiger partial charge in [-0.25, -0.2) is 9.97 Å². The number of hydrogen-bond donors (Lipinski definition) is 1. The van der Waals surface area contributed by atoms with Crippen molar-refractivity contribution in [3.05, 3.63) is 30.0 Å². The molecule has 6 heteroatoms. The van der Waals surface area contributed by atoms with Gasteiger partial charge >= 0.3 is 0 Å². The lowest BCUT2D eigenvalue weighted by atomic mass is 9.77. The summed E-state index contributed by atoms with van der Waals surface area (Å²) < 4.78 is 18.0. The minimum atomic E-state index is -0.641. The summed E-state index contributed by atoms with van der Waals surface area (Å²) in [6.45, 7) is 4.22. The quantitative estimate of drug-likeness (QED) is 0.883. The van der Waals surface area contributed by atoms with Crippen LogP contribution >= 0.6 is 0 Å². The van der Waals surface area contributed by atoms with E-state index in [2.05, 4.69) is 16.0 Å². The van der Waals surface area contributed by atoms with Crippen LogP contribution in [0.2, 0.25) is 0 Å². The van der Waals surface area contributed by atoms with Gasteiger partial charge in [0.25, 0.3) is 0 Å². The number of methoxy groups -OCH3 is 1. The lowest BCUT2D eigenvalue weighted by Crippen LogP contribution is -2.31. The molecule has 6 nitrogen and oxygen atoms in total. The maximum atomic E-state index is 9.44. The van der Waals surface area contributed by atoms with E-state index in [4.69, 9.17) is 14.2 Å². The maximum Gasteiger partial charge on any atom is 0.232 e. The summed E-state index contributed by atoms with van der Waals surface area (Å²) in [6, 6.07) is 6.00. The van der Waals surface area contributed by atoms with Crippen molar-refractivity contribution in [1.82, 2.24) is 9.97 Å². The number of aliphatic hydroxyl groups excluding tert-OH is 1. The first-order valence-electron chi connectivity index (χ1n) is 9.77. The Morgan fingerprint density at radius 2 is 1.96 bits per heavy atom. The molecule has 1 aliphatic heterocycles. The lowest BCUT2D eigenvalue weighted by Gasteiger charge is -2.33. The van der Waals surface area contributed by atoms with Crippen LogP contribution in [-0.2, 0) is 9.47 Å². The zero-order valence-corrected chi connectivity index (χ0v) is 16.2. The molecule has 2 aromatic rings. The van der Waals surface area contributed by atoms with Crippen molar-refractivity contribution in [2.24, 2.45) is 11.8 Å². The number of rotatable bonds is 4. The first kappa shape index (κ1) is 18.6. The Bertz CT molecular complexity index is 802. The van der Waals surface area contributed by atoms with E-state index in [1.165, 1.54) is 0 Å². The topological polar surface area (TPSA) is 73.7 Å². The van der Waals surface area contributed by atoms with Crippen molar-refractivity contribution in [3.8, 4) is 5.88 Å². The minimum Gasteiger partial charge on any atom is -0.480 e. The summed E-state index contributed by atoms with van der Waals surface area (Å²) in [4.78, 5) is 9.10. The fourth-order valence-corrected chi connectivity index (χ4v) is 4.44. The number of ether oxygens (including phenoxy) is 3. The average Bonchev–Trinajstić information content (AvgIpc) is 3.02. The van der Waals surface area contributed by atoms with Gasteiger partial charge in [-0.15, -0.1) is 0 Å². The molecule has 2 heterocycles. The highest BCUT2D eigenvalue weighted by Crippen LogP contribution is 2.46. The third-order valence-electron chi connectivity index (χ3n) is 5.84. The first-order chi connectivity index (χ1) is 13.0. The molecule has 0 spiro atoms. The van der Waals surface area contributed by atoms with Crippen molar-refractivity contribution in [2.75, 3.05) is 13.7 Å². The van der Waals surface area contributed by atoms with Gasteiger partial charge in [0.1, 0.15) is 6.10 Å². The van der Waals surface area contributed by atoms with Crippen LogP contribution in [0.4, 0.5) is 0 Å². The fourth-order valence-electron chi connectivity index (χ4n) is 4.44. The van der Waals surface area contributed by atoms with Crippen molar-refractivity contribution in [3.63, 3.8) is 0 Å². The van der Waals surface area contributed by atoms with Crippen LogP contribution in [0.15, 0.2) is 24.4 Å². The zero-order chi connectivity index (χ0) is 19.0. The van der Waals surface area contributed by atoms with Gasteiger partial charge in [0, 0.05) is 12.2 Å². The molecule has 0 unspecified atom stereocenters. The summed E-state index contributed by atoms with van der Waals surface area (Å²) in [7, 11) is 1.60. The van der Waals surface area contributed by atoms with Gasteiger partial charge in [-0.05, 0) is 57.4 Å². The van der Waals surface area contributed by atoms with Crippen LogP contribution in [-0.4, -0.2) is 40.7 Å². The van der Waals surface area contributed by atoms with Crippen LogP contribution in [0, 0.1) is 11.8 Å². The molecular weight excluding hydrogens is 344 g/mol. The molecule has 1 N–H and O–H groups in total. The molecule has 146 valence electrons. The van der Waals surface area contributed by atoms with Crippen LogP contribution in [0.1, 0.15) is 51.2 Å². The number of nitrogens with zero attached hydrogens (tertiary/aromatic N) is 2. The number of hydrogen-bond acceptors (Lipinski definition) is 6. The minimum absolute atomic E-state index is 0.0294. The smallest absolute Gasteiger partial charge is 0.232 e. The number of benzene rings is 1. The van der Waals surface area contributed by atoms with E-state index in [9.17, 15) is 5.11 Å². The highest BCUT2D eigenvalue weighted by molar-refractivity contribution is 5.78. The van der Waals surface area contributed by atoms with Crippen molar-refractivity contribution >= 4 is 11.0 Å². The molecule has 1 aromatic heterocycles. The highest BCUT2D eigenvalue weighted by Gasteiger charge is 2.47. The van der Waals surface area contributed by atoms with Crippen LogP contribution in [0.3, 0.4) is 0 Å². The van der Waals surface area contributed by atoms with Crippen molar-refractivity contribution in [1.29, 1.82) is 0 Å². The third-order valence-corrected chi connectivity index (χ3v) is 5.84. The molecule has 27 heavy (non-hydrogen) atoms. The van der Waals surface area contributed by atoms with E-state index < -0.39 is 5.79 Å². The Hall–Kier alpha value is -1.76. The number of aromatic nitrogens is 2. The molecule has 0 radical (unpaired) electrons. The summed E-state index contributed by atoms with van der Waals surface area (Å²) in [5.74, 6) is 0.682. The van der Waals surface area contributed by atoms with Crippen LogP contribution in [0.25, 0.3) is 11.0 Å². The van der Waals surface area contributed by atoms with Gasteiger partial charge in [-0.2, -0.15) is 0 Å². The maximum absolute atomic E-state index is 9.44. The monoisotopic (exact) mass is 372 g/mol. The van der Waals surface area contributed by atoms with Gasteiger partial charge in [-0.3, -0.25) is 0 Å². The predicted octanol–water partition coefficient (Wildman–Crippen LogP) is 3.63. The molecule has 2 fully saturated rings. The first-order valence-corrected chi connectivity index (χ1v) is 9.77. The van der Waals surface area contributed by atoms with E-state index in [1.807, 2.05) is 26.0 Å². The SMILES string of the molecule is COc1cnc2cccc([C@H]3OC(C)(C)O[C@@H]3C3CCC(CO)CC3)c2n1. The fraction of sp³-hybridized carbons (Fsp3) is 0.619. The average molecular weight is 372 g/mol. The molecule has 1 saturated heterocycles. The third kappa shape index (κ3) is 3.66. The van der Waals surface area contributed by atoms with Crippen LogP contribution < -0.4 is 4.74 Å². The summed E-state index contributed by atoms with van der Waals surface area (Å²) in [5.41, 5.74) is 2.63. The molecule has 2 aliphatic rings. The molecule has 1 aromatic carbocycles. The molecular formula is C21H28N2O4. The Kier molecular flexibility index (Phi) is 5.05. The van der Waals surface area contributed by atoms with E-state index in [-0.39, 0.29) is 18.8 Å². The Morgan fingerprint density at radius 3 is 2.67 bits per heavy atom. The predicted molar refractivity (Wildman–Crippen MR) is 101 cm³/mol. The Morgan fingerprint density at radius 1 is 1.19 bits per heavy atom. The summed E-state index contributed by atoms with van der Waals surface area (Å²) in [6.07, 6.45) is 5.58. The molecule has 2 atom stereocenters. The largest absolute Gasteiger partial charge is 0.480 e.